The number of carboxylic acid groups (broad SMARTS) is 1. The summed E-state index contributed by atoms with van der Waals surface area (Å²) in [5, 5.41) is 35.5. The van der Waals surface area contributed by atoms with Crippen molar-refractivity contribution in [1.82, 2.24) is 10.2 Å². The third-order valence-corrected chi connectivity index (χ3v) is 9.47. The van der Waals surface area contributed by atoms with Crippen LogP contribution < -0.4 is 10.1 Å². The molecule has 0 unspecified atom stereocenters. The van der Waals surface area contributed by atoms with Crippen molar-refractivity contribution in [3.05, 3.63) is 58.7 Å². The van der Waals surface area contributed by atoms with Crippen molar-refractivity contribution in [2.24, 2.45) is 5.92 Å². The standard InChI is InChI=1S/C28H30N2O6/c31-20-8-7-18-13-21-28(35)10-9-19(29-25(32)16-3-5-17(6-4-16)26(33)34)24-27(28,22(18)23(20)36-24)11-12-30(21)14-15-1-2-15/h3-8,15,19,21,24,31,35H,1-2,9-14H2,(H,29,32)(H,33,34)/t19-,21-,24+,27+,28-/m1/s1. The van der Waals surface area contributed by atoms with E-state index in [0.29, 0.717) is 30.6 Å². The number of aliphatic hydroxyl groups is 1. The first-order chi connectivity index (χ1) is 17.3. The molecule has 8 heteroatoms. The Kier molecular flexibility index (Phi) is 4.58. The van der Waals surface area contributed by atoms with Crippen molar-refractivity contribution in [1.29, 1.82) is 0 Å². The number of nitrogens with one attached hydrogen (secondary N) is 1. The second kappa shape index (κ2) is 7.46. The minimum atomic E-state index is -1.04. The number of piperidine rings is 1. The van der Waals surface area contributed by atoms with Crippen molar-refractivity contribution < 1.29 is 29.6 Å². The van der Waals surface area contributed by atoms with Gasteiger partial charge < -0.3 is 25.4 Å². The first kappa shape index (κ1) is 22.1. The molecule has 36 heavy (non-hydrogen) atoms. The molecule has 4 N–H and O–H groups in total. The number of carbonyl (C=O) groups excluding carboxylic acids is 1. The van der Waals surface area contributed by atoms with Gasteiger partial charge in [0.1, 0.15) is 6.10 Å². The van der Waals surface area contributed by atoms with E-state index in [1.54, 1.807) is 6.07 Å². The topological polar surface area (TPSA) is 119 Å². The van der Waals surface area contributed by atoms with E-state index in [1.165, 1.54) is 37.1 Å². The minimum Gasteiger partial charge on any atom is -0.504 e. The molecule has 1 spiro atoms. The maximum absolute atomic E-state index is 13.2. The lowest BCUT2D eigenvalue weighted by atomic mass is 9.48. The average Bonchev–Trinajstić information content (AvgIpc) is 3.61. The number of amides is 1. The number of aromatic hydroxyl groups is 1. The molecule has 0 aromatic heterocycles. The van der Waals surface area contributed by atoms with Crippen LogP contribution in [0.4, 0.5) is 0 Å². The van der Waals surface area contributed by atoms with Crippen LogP contribution in [0.2, 0.25) is 0 Å². The zero-order valence-corrected chi connectivity index (χ0v) is 19.9. The van der Waals surface area contributed by atoms with Crippen molar-refractivity contribution in [2.75, 3.05) is 13.1 Å². The van der Waals surface area contributed by atoms with Gasteiger partial charge in [0.2, 0.25) is 0 Å². The Morgan fingerprint density at radius 3 is 2.53 bits per heavy atom. The maximum Gasteiger partial charge on any atom is 0.335 e. The van der Waals surface area contributed by atoms with Crippen LogP contribution in [0.3, 0.4) is 0 Å². The van der Waals surface area contributed by atoms with E-state index in [4.69, 9.17) is 9.84 Å². The second-order valence-corrected chi connectivity index (χ2v) is 11.3. The predicted octanol–water partition coefficient (Wildman–Crippen LogP) is 2.45. The van der Waals surface area contributed by atoms with Gasteiger partial charge in [0, 0.05) is 23.7 Å². The van der Waals surface area contributed by atoms with E-state index in [-0.39, 0.29) is 29.3 Å². The Morgan fingerprint density at radius 2 is 1.81 bits per heavy atom. The number of hydrogen-bond donors (Lipinski definition) is 4. The summed E-state index contributed by atoms with van der Waals surface area (Å²) in [6, 6.07) is 9.15. The van der Waals surface area contributed by atoms with E-state index in [0.717, 1.165) is 36.6 Å². The summed E-state index contributed by atoms with van der Waals surface area (Å²) in [5.74, 6) is -0.0928. The van der Waals surface area contributed by atoms with Crippen LogP contribution in [0.25, 0.3) is 0 Å². The number of carbonyl (C=O) groups is 2. The highest BCUT2D eigenvalue weighted by Gasteiger charge is 2.73. The summed E-state index contributed by atoms with van der Waals surface area (Å²) in [5.41, 5.74) is 0.859. The van der Waals surface area contributed by atoms with Gasteiger partial charge in [0.05, 0.1) is 22.6 Å². The first-order valence-corrected chi connectivity index (χ1v) is 12.9. The van der Waals surface area contributed by atoms with Crippen LogP contribution in [-0.4, -0.2) is 69.0 Å². The minimum absolute atomic E-state index is 0.0128. The number of phenolic OH excluding ortho intramolecular Hbond substituents is 1. The monoisotopic (exact) mass is 490 g/mol. The van der Waals surface area contributed by atoms with Crippen LogP contribution >= 0.6 is 0 Å². The van der Waals surface area contributed by atoms with Gasteiger partial charge in [-0.15, -0.1) is 0 Å². The van der Waals surface area contributed by atoms with Crippen LogP contribution in [0, 0.1) is 5.92 Å². The SMILES string of the molecule is O=C(O)c1ccc(C(=O)N[C@@H]2CC[C@@]3(O)[C@H]4Cc5ccc(O)c6c5[C@@]3(CCN4CC3CC3)[C@H]2O6)cc1. The quantitative estimate of drug-likeness (QED) is 0.508. The lowest BCUT2D eigenvalue weighted by Crippen LogP contribution is -2.78. The molecule has 2 aromatic rings. The Labute approximate surface area is 208 Å². The Hall–Kier alpha value is -3.10. The normalized spacial score (nSPS) is 34.0. The van der Waals surface area contributed by atoms with Gasteiger partial charge in [-0.2, -0.15) is 0 Å². The number of aromatic carboxylic acids is 1. The van der Waals surface area contributed by atoms with Crippen LogP contribution in [0.5, 0.6) is 11.5 Å². The van der Waals surface area contributed by atoms with E-state index in [9.17, 15) is 19.8 Å². The molecule has 8 nitrogen and oxygen atoms in total. The summed E-state index contributed by atoms with van der Waals surface area (Å²) in [4.78, 5) is 26.8. The number of carboxylic acids is 1. The molecule has 2 aromatic carbocycles. The van der Waals surface area contributed by atoms with Crippen molar-refractivity contribution in [3.8, 4) is 11.5 Å². The molecule has 2 aliphatic heterocycles. The van der Waals surface area contributed by atoms with Crippen LogP contribution in [0.1, 0.15) is 63.9 Å². The van der Waals surface area contributed by atoms with Gasteiger partial charge in [0.25, 0.3) is 5.91 Å². The number of ether oxygens (including phenoxy) is 1. The molecule has 188 valence electrons. The van der Waals surface area contributed by atoms with Gasteiger partial charge in [-0.1, -0.05) is 6.07 Å². The number of benzene rings is 2. The molecule has 7 rings (SSSR count). The first-order valence-electron chi connectivity index (χ1n) is 12.9. The highest BCUT2D eigenvalue weighted by atomic mass is 16.5. The number of rotatable bonds is 5. The van der Waals surface area contributed by atoms with Gasteiger partial charge in [-0.3, -0.25) is 9.69 Å². The van der Waals surface area contributed by atoms with E-state index < -0.39 is 23.1 Å². The molecule has 5 aliphatic rings. The molecular weight excluding hydrogens is 460 g/mol. The summed E-state index contributed by atoms with van der Waals surface area (Å²) in [6.07, 6.45) is 4.56. The summed E-state index contributed by atoms with van der Waals surface area (Å²) < 4.78 is 6.48. The van der Waals surface area contributed by atoms with Gasteiger partial charge >= 0.3 is 5.97 Å². The van der Waals surface area contributed by atoms with Crippen molar-refractivity contribution >= 4 is 11.9 Å². The van der Waals surface area contributed by atoms with Crippen LogP contribution in [0.15, 0.2) is 36.4 Å². The molecular formula is C28H30N2O6. The lowest BCUT2D eigenvalue weighted by Gasteiger charge is -2.64. The molecule has 2 heterocycles. The molecule has 5 atom stereocenters. The Bertz CT molecular complexity index is 1270. The molecule has 1 amide bonds. The summed E-state index contributed by atoms with van der Waals surface area (Å²) in [7, 11) is 0. The zero-order valence-electron chi connectivity index (χ0n) is 19.9. The summed E-state index contributed by atoms with van der Waals surface area (Å²) in [6.45, 7) is 1.87. The fourth-order valence-corrected chi connectivity index (χ4v) is 7.65. The number of hydrogen-bond acceptors (Lipinski definition) is 6. The smallest absolute Gasteiger partial charge is 0.335 e. The van der Waals surface area contributed by atoms with Gasteiger partial charge in [-0.05, 0) is 86.9 Å². The average molecular weight is 491 g/mol. The molecule has 0 radical (unpaired) electrons. The predicted molar refractivity (Wildman–Crippen MR) is 129 cm³/mol. The summed E-state index contributed by atoms with van der Waals surface area (Å²) >= 11 is 0. The van der Waals surface area contributed by atoms with E-state index >= 15 is 0 Å². The highest BCUT2D eigenvalue weighted by Crippen LogP contribution is 2.65. The number of likely N-dealkylation sites (tertiary alicyclic amines) is 1. The van der Waals surface area contributed by atoms with Crippen molar-refractivity contribution in [2.45, 2.75) is 67.7 Å². The third-order valence-electron chi connectivity index (χ3n) is 9.47. The highest BCUT2D eigenvalue weighted by molar-refractivity contribution is 5.96. The lowest BCUT2D eigenvalue weighted by molar-refractivity contribution is -0.191. The fourth-order valence-electron chi connectivity index (χ4n) is 7.65. The van der Waals surface area contributed by atoms with E-state index in [2.05, 4.69) is 10.2 Å². The second-order valence-electron chi connectivity index (χ2n) is 11.3. The fraction of sp³-hybridized carbons (Fsp3) is 0.500. The molecule has 2 bridgehead atoms. The molecule has 1 saturated heterocycles. The Balaban J connectivity index is 1.25. The number of nitrogens with zero attached hydrogens (tertiary/aromatic N) is 1. The Morgan fingerprint density at radius 1 is 1.06 bits per heavy atom. The van der Waals surface area contributed by atoms with Crippen LogP contribution in [-0.2, 0) is 11.8 Å². The molecule has 3 fully saturated rings. The molecule has 2 saturated carbocycles. The maximum atomic E-state index is 13.2. The molecule has 3 aliphatic carbocycles. The van der Waals surface area contributed by atoms with Gasteiger partial charge in [0.15, 0.2) is 11.5 Å². The number of phenols is 1. The van der Waals surface area contributed by atoms with E-state index in [1.807, 2.05) is 6.07 Å². The van der Waals surface area contributed by atoms with Crippen molar-refractivity contribution in [3.63, 3.8) is 0 Å². The van der Waals surface area contributed by atoms with Gasteiger partial charge in [-0.25, -0.2) is 4.79 Å². The third kappa shape index (κ3) is 2.88. The zero-order chi connectivity index (χ0) is 24.8. The largest absolute Gasteiger partial charge is 0.504 e.